The zero-order valence-electron chi connectivity index (χ0n) is 19.4. The van der Waals surface area contributed by atoms with Crippen LogP contribution in [-0.2, 0) is 19.4 Å². The predicted octanol–water partition coefficient (Wildman–Crippen LogP) is 6.39. The van der Waals surface area contributed by atoms with E-state index >= 15 is 0 Å². The standard InChI is InChI=1S/C27H33N3OS/c1-18(2)14-15-28-27(31)30-17-22-21-7-4-5-9-24(21)32-26(22)29-16-6-8-23(29)25(30)20-12-10-19(3)11-13-20/h6,8,10-13,16,18,25H,4-5,7,9,14-15,17H2,1-3H3,(H,28,31)/t25-/m1/s1. The van der Waals surface area contributed by atoms with Crippen molar-refractivity contribution in [1.29, 1.82) is 0 Å². The third-order valence-electron chi connectivity index (χ3n) is 6.83. The van der Waals surface area contributed by atoms with E-state index < -0.39 is 0 Å². The van der Waals surface area contributed by atoms with Crippen molar-refractivity contribution in [3.8, 4) is 5.00 Å². The van der Waals surface area contributed by atoms with E-state index in [9.17, 15) is 4.79 Å². The molecule has 0 unspecified atom stereocenters. The molecule has 5 heteroatoms. The molecule has 5 rings (SSSR count). The molecule has 2 amide bonds. The molecule has 0 saturated carbocycles. The van der Waals surface area contributed by atoms with Gasteiger partial charge < -0.3 is 14.8 Å². The van der Waals surface area contributed by atoms with E-state index in [-0.39, 0.29) is 12.1 Å². The maximum Gasteiger partial charge on any atom is 0.318 e. The number of nitrogens with zero attached hydrogens (tertiary/aromatic N) is 2. The van der Waals surface area contributed by atoms with Crippen LogP contribution in [-0.4, -0.2) is 22.0 Å². The number of nitrogens with one attached hydrogen (secondary N) is 1. The Labute approximate surface area is 195 Å². The Morgan fingerprint density at radius 1 is 1.12 bits per heavy atom. The number of aryl methyl sites for hydroxylation is 2. The Hall–Kier alpha value is -2.53. The average molecular weight is 448 g/mol. The lowest BCUT2D eigenvalue weighted by molar-refractivity contribution is 0.180. The van der Waals surface area contributed by atoms with Gasteiger partial charge in [0.2, 0.25) is 0 Å². The molecule has 1 aliphatic heterocycles. The van der Waals surface area contributed by atoms with E-state index in [2.05, 4.69) is 78.2 Å². The number of carbonyl (C=O) groups is 1. The number of rotatable bonds is 4. The van der Waals surface area contributed by atoms with E-state index in [0.29, 0.717) is 19.0 Å². The Morgan fingerprint density at radius 2 is 1.91 bits per heavy atom. The van der Waals surface area contributed by atoms with Gasteiger partial charge in [0.25, 0.3) is 0 Å². The molecule has 0 bridgehead atoms. The summed E-state index contributed by atoms with van der Waals surface area (Å²) in [5.41, 5.74) is 6.43. The van der Waals surface area contributed by atoms with Gasteiger partial charge in [-0.15, -0.1) is 11.3 Å². The smallest absolute Gasteiger partial charge is 0.318 e. The first-order chi connectivity index (χ1) is 15.5. The predicted molar refractivity (Wildman–Crippen MR) is 132 cm³/mol. The third kappa shape index (κ3) is 3.88. The van der Waals surface area contributed by atoms with Gasteiger partial charge in [0.15, 0.2) is 0 Å². The lowest BCUT2D eigenvalue weighted by Gasteiger charge is -2.31. The van der Waals surface area contributed by atoms with Gasteiger partial charge in [-0.3, -0.25) is 0 Å². The van der Waals surface area contributed by atoms with Crippen molar-refractivity contribution < 1.29 is 4.79 Å². The maximum absolute atomic E-state index is 13.6. The molecular weight excluding hydrogens is 414 g/mol. The number of urea groups is 1. The lowest BCUT2D eigenvalue weighted by atomic mass is 9.95. The fourth-order valence-corrected chi connectivity index (χ4v) is 6.46. The van der Waals surface area contributed by atoms with Crippen molar-refractivity contribution in [2.24, 2.45) is 5.92 Å². The Bertz CT molecular complexity index is 1110. The highest BCUT2D eigenvalue weighted by Crippen LogP contribution is 2.44. The van der Waals surface area contributed by atoms with E-state index in [1.54, 1.807) is 0 Å². The SMILES string of the molecule is Cc1ccc([C@@H]2c3cccn3-c3sc4c(c3CN2C(=O)NCCC(C)C)CCCC4)cc1. The maximum atomic E-state index is 13.6. The Morgan fingerprint density at radius 3 is 2.69 bits per heavy atom. The normalized spacial score (nSPS) is 17.5. The first-order valence-corrected chi connectivity index (χ1v) is 12.8. The molecule has 1 aliphatic carbocycles. The molecule has 0 spiro atoms. The number of fused-ring (bicyclic) bond motifs is 5. The highest BCUT2D eigenvalue weighted by atomic mass is 32.1. The Kier molecular flexibility index (Phi) is 5.85. The molecule has 4 nitrogen and oxygen atoms in total. The van der Waals surface area contributed by atoms with Gasteiger partial charge in [0, 0.05) is 23.2 Å². The number of amides is 2. The first-order valence-electron chi connectivity index (χ1n) is 11.9. The summed E-state index contributed by atoms with van der Waals surface area (Å²) in [4.78, 5) is 17.2. The van der Waals surface area contributed by atoms with Gasteiger partial charge in [0.1, 0.15) is 5.00 Å². The van der Waals surface area contributed by atoms with Crippen molar-refractivity contribution in [2.75, 3.05) is 6.54 Å². The molecule has 2 aliphatic rings. The molecule has 1 atom stereocenters. The van der Waals surface area contributed by atoms with Crippen molar-refractivity contribution in [2.45, 2.75) is 65.5 Å². The molecule has 32 heavy (non-hydrogen) atoms. The first kappa shape index (κ1) is 21.3. The van der Waals surface area contributed by atoms with Crippen LogP contribution in [0.3, 0.4) is 0 Å². The second-order valence-corrected chi connectivity index (χ2v) is 10.7. The minimum absolute atomic E-state index is 0.0348. The minimum Gasteiger partial charge on any atom is -0.338 e. The summed E-state index contributed by atoms with van der Waals surface area (Å²) in [6, 6.07) is 12.9. The van der Waals surface area contributed by atoms with E-state index in [0.717, 1.165) is 12.8 Å². The zero-order chi connectivity index (χ0) is 22.2. The van der Waals surface area contributed by atoms with Gasteiger partial charge in [0.05, 0.1) is 18.3 Å². The number of hydrogen-bond acceptors (Lipinski definition) is 2. The van der Waals surface area contributed by atoms with Crippen LogP contribution >= 0.6 is 11.3 Å². The molecule has 0 radical (unpaired) electrons. The highest BCUT2D eigenvalue weighted by Gasteiger charge is 2.35. The van der Waals surface area contributed by atoms with Crippen LogP contribution in [0.5, 0.6) is 0 Å². The van der Waals surface area contributed by atoms with Crippen LogP contribution in [0.1, 0.15) is 72.0 Å². The lowest BCUT2D eigenvalue weighted by Crippen LogP contribution is -2.42. The van der Waals surface area contributed by atoms with E-state index in [1.807, 2.05) is 11.3 Å². The topological polar surface area (TPSA) is 37.3 Å². The molecule has 2 aromatic heterocycles. The van der Waals surface area contributed by atoms with Crippen molar-refractivity contribution >= 4 is 17.4 Å². The zero-order valence-corrected chi connectivity index (χ0v) is 20.2. The summed E-state index contributed by atoms with van der Waals surface area (Å²) in [5, 5.41) is 4.54. The summed E-state index contributed by atoms with van der Waals surface area (Å²) in [6.07, 6.45) is 8.00. The van der Waals surface area contributed by atoms with E-state index in [4.69, 9.17) is 0 Å². The number of carbonyl (C=O) groups excluding carboxylic acids is 1. The molecule has 1 N–H and O–H groups in total. The third-order valence-corrected chi connectivity index (χ3v) is 8.16. The Balaban J connectivity index is 1.61. The molecule has 3 aromatic rings. The quantitative estimate of drug-likeness (QED) is 0.494. The summed E-state index contributed by atoms with van der Waals surface area (Å²) in [7, 11) is 0. The monoisotopic (exact) mass is 447 g/mol. The molecule has 1 aromatic carbocycles. The summed E-state index contributed by atoms with van der Waals surface area (Å²) < 4.78 is 2.35. The fourth-order valence-electron chi connectivity index (χ4n) is 5.06. The van der Waals surface area contributed by atoms with Crippen molar-refractivity contribution in [1.82, 2.24) is 14.8 Å². The van der Waals surface area contributed by atoms with Crippen molar-refractivity contribution in [3.05, 3.63) is 75.4 Å². The molecule has 168 valence electrons. The molecule has 3 heterocycles. The second kappa shape index (κ2) is 8.78. The van der Waals surface area contributed by atoms with Crippen LogP contribution < -0.4 is 5.32 Å². The van der Waals surface area contributed by atoms with Crippen LogP contribution in [0.2, 0.25) is 0 Å². The van der Waals surface area contributed by atoms with Gasteiger partial charge in [-0.2, -0.15) is 0 Å². The molecule has 0 fully saturated rings. The second-order valence-electron chi connectivity index (χ2n) is 9.65. The van der Waals surface area contributed by atoms with Crippen LogP contribution in [0.25, 0.3) is 5.00 Å². The average Bonchev–Trinajstić information content (AvgIpc) is 3.36. The van der Waals surface area contributed by atoms with Crippen LogP contribution in [0.4, 0.5) is 4.79 Å². The van der Waals surface area contributed by atoms with Crippen LogP contribution in [0.15, 0.2) is 42.6 Å². The number of hydrogen-bond donors (Lipinski definition) is 1. The number of aromatic nitrogens is 1. The van der Waals surface area contributed by atoms with E-state index in [1.165, 1.54) is 57.1 Å². The van der Waals surface area contributed by atoms with Gasteiger partial charge >= 0.3 is 6.03 Å². The van der Waals surface area contributed by atoms with Gasteiger partial charge in [-0.1, -0.05) is 43.7 Å². The van der Waals surface area contributed by atoms with Crippen molar-refractivity contribution in [3.63, 3.8) is 0 Å². The minimum atomic E-state index is -0.108. The number of thiophene rings is 1. The molecule has 0 saturated heterocycles. The number of benzene rings is 1. The summed E-state index contributed by atoms with van der Waals surface area (Å²) in [5.74, 6) is 0.569. The summed E-state index contributed by atoms with van der Waals surface area (Å²) in [6.45, 7) is 7.88. The van der Waals surface area contributed by atoms with Gasteiger partial charge in [-0.05, 0) is 68.2 Å². The fraction of sp³-hybridized carbons (Fsp3) is 0.444. The highest BCUT2D eigenvalue weighted by molar-refractivity contribution is 7.15. The van der Waals surface area contributed by atoms with Gasteiger partial charge in [-0.25, -0.2) is 4.79 Å². The largest absolute Gasteiger partial charge is 0.338 e. The summed E-state index contributed by atoms with van der Waals surface area (Å²) >= 11 is 1.94. The van der Waals surface area contributed by atoms with Crippen LogP contribution in [0, 0.1) is 12.8 Å². The molecular formula is C27H33N3OS.